The number of aromatic nitrogens is 3. The monoisotopic (exact) mass is 221 g/mol. The SMILES string of the molecule is Cn1nc(-c2ccc(F)cn2)cc1C(=O)O. The molecule has 16 heavy (non-hydrogen) atoms. The van der Waals surface area contributed by atoms with Crippen molar-refractivity contribution in [1.82, 2.24) is 14.8 Å². The van der Waals surface area contributed by atoms with Gasteiger partial charge in [-0.05, 0) is 12.1 Å². The van der Waals surface area contributed by atoms with Crippen LogP contribution in [0.2, 0.25) is 0 Å². The fourth-order valence-electron chi connectivity index (χ4n) is 1.32. The zero-order valence-corrected chi connectivity index (χ0v) is 8.38. The third-order valence-corrected chi connectivity index (χ3v) is 2.09. The molecule has 2 heterocycles. The molecule has 2 aromatic rings. The quantitative estimate of drug-likeness (QED) is 0.830. The van der Waals surface area contributed by atoms with Crippen molar-refractivity contribution in [2.24, 2.45) is 7.05 Å². The summed E-state index contributed by atoms with van der Waals surface area (Å²) in [5, 5.41) is 12.8. The first-order valence-electron chi connectivity index (χ1n) is 4.47. The van der Waals surface area contributed by atoms with Gasteiger partial charge < -0.3 is 5.11 Å². The van der Waals surface area contributed by atoms with E-state index in [-0.39, 0.29) is 5.69 Å². The normalized spacial score (nSPS) is 10.4. The molecule has 1 N–H and O–H groups in total. The standard InChI is InChI=1S/C10H8FN3O2/c1-14-9(10(15)16)4-8(13-14)7-3-2-6(11)5-12-7/h2-5H,1H3,(H,15,16). The maximum Gasteiger partial charge on any atom is 0.354 e. The topological polar surface area (TPSA) is 68.0 Å². The van der Waals surface area contributed by atoms with Crippen LogP contribution in [0.3, 0.4) is 0 Å². The van der Waals surface area contributed by atoms with Gasteiger partial charge in [0.15, 0.2) is 0 Å². The van der Waals surface area contributed by atoms with E-state index in [1.165, 1.54) is 29.9 Å². The molecule has 0 aliphatic rings. The molecule has 0 aliphatic carbocycles. The highest BCUT2D eigenvalue weighted by Crippen LogP contribution is 2.16. The smallest absolute Gasteiger partial charge is 0.354 e. The Morgan fingerprint density at radius 1 is 1.44 bits per heavy atom. The summed E-state index contributed by atoms with van der Waals surface area (Å²) in [4.78, 5) is 14.6. The van der Waals surface area contributed by atoms with Crippen LogP contribution in [0.1, 0.15) is 10.5 Å². The Labute approximate surface area is 90.2 Å². The number of carbonyl (C=O) groups is 1. The van der Waals surface area contributed by atoms with Crippen molar-refractivity contribution in [3.8, 4) is 11.4 Å². The Morgan fingerprint density at radius 2 is 2.19 bits per heavy atom. The molecule has 0 aromatic carbocycles. The van der Waals surface area contributed by atoms with Gasteiger partial charge in [0, 0.05) is 13.1 Å². The summed E-state index contributed by atoms with van der Waals surface area (Å²) in [6.07, 6.45) is 1.06. The van der Waals surface area contributed by atoms with Gasteiger partial charge in [0.1, 0.15) is 17.2 Å². The van der Waals surface area contributed by atoms with Crippen molar-refractivity contribution in [3.05, 3.63) is 35.9 Å². The van der Waals surface area contributed by atoms with Gasteiger partial charge >= 0.3 is 5.97 Å². The highest BCUT2D eigenvalue weighted by atomic mass is 19.1. The van der Waals surface area contributed by atoms with Crippen LogP contribution in [0.25, 0.3) is 11.4 Å². The number of rotatable bonds is 2. The zero-order chi connectivity index (χ0) is 11.7. The predicted molar refractivity (Wildman–Crippen MR) is 53.4 cm³/mol. The number of hydrogen-bond donors (Lipinski definition) is 1. The summed E-state index contributed by atoms with van der Waals surface area (Å²) in [5.41, 5.74) is 0.894. The molecule has 0 saturated carbocycles. The van der Waals surface area contributed by atoms with E-state index in [2.05, 4.69) is 10.1 Å². The van der Waals surface area contributed by atoms with Gasteiger partial charge in [0.25, 0.3) is 0 Å². The lowest BCUT2D eigenvalue weighted by Crippen LogP contribution is -2.04. The summed E-state index contributed by atoms with van der Waals surface area (Å²) in [7, 11) is 1.52. The number of nitrogens with zero attached hydrogens (tertiary/aromatic N) is 3. The second kappa shape index (κ2) is 3.73. The molecule has 0 radical (unpaired) electrons. The molecular formula is C10H8FN3O2. The molecule has 2 aromatic heterocycles. The molecule has 5 nitrogen and oxygen atoms in total. The van der Waals surface area contributed by atoms with Crippen molar-refractivity contribution in [3.63, 3.8) is 0 Å². The molecule has 6 heteroatoms. The van der Waals surface area contributed by atoms with Crippen LogP contribution < -0.4 is 0 Å². The number of carboxylic acids is 1. The third-order valence-electron chi connectivity index (χ3n) is 2.09. The van der Waals surface area contributed by atoms with Crippen LogP contribution in [0.4, 0.5) is 4.39 Å². The molecule has 0 saturated heterocycles. The van der Waals surface area contributed by atoms with E-state index in [1.54, 1.807) is 0 Å². The molecule has 0 bridgehead atoms. The highest BCUT2D eigenvalue weighted by Gasteiger charge is 2.13. The van der Waals surface area contributed by atoms with E-state index >= 15 is 0 Å². The minimum Gasteiger partial charge on any atom is -0.477 e. The minimum atomic E-state index is -1.07. The largest absolute Gasteiger partial charge is 0.477 e. The summed E-state index contributed by atoms with van der Waals surface area (Å²) in [6.45, 7) is 0. The number of aryl methyl sites for hydroxylation is 1. The Kier molecular flexibility index (Phi) is 2.40. The summed E-state index contributed by atoms with van der Waals surface area (Å²) in [5.74, 6) is -1.51. The van der Waals surface area contributed by atoms with Crippen molar-refractivity contribution in [2.75, 3.05) is 0 Å². The van der Waals surface area contributed by atoms with Gasteiger partial charge in [-0.2, -0.15) is 5.10 Å². The fraction of sp³-hybridized carbons (Fsp3) is 0.100. The van der Waals surface area contributed by atoms with E-state index < -0.39 is 11.8 Å². The van der Waals surface area contributed by atoms with Gasteiger partial charge in [-0.1, -0.05) is 0 Å². The zero-order valence-electron chi connectivity index (χ0n) is 8.38. The fourth-order valence-corrected chi connectivity index (χ4v) is 1.32. The van der Waals surface area contributed by atoms with Gasteiger partial charge in [-0.25, -0.2) is 9.18 Å². The average Bonchev–Trinajstić information content (AvgIpc) is 2.61. The summed E-state index contributed by atoms with van der Waals surface area (Å²) < 4.78 is 13.9. The molecule has 0 amide bonds. The van der Waals surface area contributed by atoms with Crippen molar-refractivity contribution in [1.29, 1.82) is 0 Å². The predicted octanol–water partition coefficient (Wildman–Crippen LogP) is 1.32. The Bertz CT molecular complexity index is 533. The Balaban J connectivity index is 2.45. The first-order chi connectivity index (χ1) is 7.58. The van der Waals surface area contributed by atoms with Gasteiger partial charge in [-0.15, -0.1) is 0 Å². The highest BCUT2D eigenvalue weighted by molar-refractivity contribution is 5.87. The van der Waals surface area contributed by atoms with Crippen LogP contribution in [0, 0.1) is 5.82 Å². The third kappa shape index (κ3) is 1.77. The van der Waals surface area contributed by atoms with Crippen LogP contribution in [-0.2, 0) is 7.05 Å². The lowest BCUT2D eigenvalue weighted by atomic mass is 10.2. The maximum atomic E-state index is 12.6. The number of carboxylic acid groups (broad SMARTS) is 1. The minimum absolute atomic E-state index is 0.0566. The Morgan fingerprint density at radius 3 is 2.69 bits per heavy atom. The first-order valence-corrected chi connectivity index (χ1v) is 4.47. The van der Waals surface area contributed by atoms with Crippen LogP contribution >= 0.6 is 0 Å². The number of hydrogen-bond acceptors (Lipinski definition) is 3. The summed E-state index contributed by atoms with van der Waals surface area (Å²) >= 11 is 0. The average molecular weight is 221 g/mol. The van der Waals surface area contributed by atoms with Crippen LogP contribution in [-0.4, -0.2) is 25.8 Å². The molecule has 0 fully saturated rings. The number of pyridine rings is 1. The first kappa shape index (κ1) is 10.3. The van der Waals surface area contributed by atoms with Gasteiger partial charge in [-0.3, -0.25) is 9.67 Å². The van der Waals surface area contributed by atoms with E-state index in [0.29, 0.717) is 11.4 Å². The lowest BCUT2D eigenvalue weighted by Gasteiger charge is -1.94. The number of halogens is 1. The van der Waals surface area contributed by atoms with E-state index in [0.717, 1.165) is 6.20 Å². The van der Waals surface area contributed by atoms with Gasteiger partial charge in [0.2, 0.25) is 0 Å². The Hall–Kier alpha value is -2.24. The molecule has 0 spiro atoms. The summed E-state index contributed by atoms with van der Waals surface area (Å²) in [6, 6.07) is 4.09. The van der Waals surface area contributed by atoms with Crippen LogP contribution in [0.15, 0.2) is 24.4 Å². The molecule has 82 valence electrons. The molecular weight excluding hydrogens is 213 g/mol. The molecule has 0 atom stereocenters. The maximum absolute atomic E-state index is 12.6. The second-order valence-electron chi connectivity index (χ2n) is 3.21. The van der Waals surface area contributed by atoms with Crippen molar-refractivity contribution in [2.45, 2.75) is 0 Å². The molecule has 0 aliphatic heterocycles. The second-order valence-corrected chi connectivity index (χ2v) is 3.21. The van der Waals surface area contributed by atoms with E-state index in [9.17, 15) is 9.18 Å². The van der Waals surface area contributed by atoms with Crippen molar-refractivity contribution >= 4 is 5.97 Å². The van der Waals surface area contributed by atoms with Crippen LogP contribution in [0.5, 0.6) is 0 Å². The van der Waals surface area contributed by atoms with E-state index in [1.807, 2.05) is 0 Å². The number of aromatic carboxylic acids is 1. The van der Waals surface area contributed by atoms with Gasteiger partial charge in [0.05, 0.1) is 11.9 Å². The van der Waals surface area contributed by atoms with E-state index in [4.69, 9.17) is 5.11 Å². The van der Waals surface area contributed by atoms with Crippen molar-refractivity contribution < 1.29 is 14.3 Å². The molecule has 0 unspecified atom stereocenters. The molecule has 2 rings (SSSR count). The lowest BCUT2D eigenvalue weighted by molar-refractivity contribution is 0.0685.